The van der Waals surface area contributed by atoms with Gasteiger partial charge in [-0.15, -0.1) is 0 Å². The Morgan fingerprint density at radius 1 is 0.784 bits per heavy atom. The van der Waals surface area contributed by atoms with Gasteiger partial charge in [0.05, 0.1) is 5.75 Å². The third-order valence-electron chi connectivity index (χ3n) is 9.22. The molecule has 3 atom stereocenters. The number of carboxylic acid groups (broad SMARTS) is 3. The number of carbonyl (C=O) groups excluding carboxylic acids is 4. The number of amides is 4. The molecule has 278 valence electrons. The smallest absolute Gasteiger partial charge is 0.326 e. The minimum Gasteiger partial charge on any atom is -0.481 e. The first-order valence-corrected chi connectivity index (χ1v) is 17.9. The van der Waals surface area contributed by atoms with Crippen molar-refractivity contribution in [2.24, 2.45) is 17.8 Å². The zero-order valence-electron chi connectivity index (χ0n) is 28.5. The van der Waals surface area contributed by atoms with Crippen molar-refractivity contribution in [1.82, 2.24) is 21.3 Å². The van der Waals surface area contributed by atoms with Gasteiger partial charge in [0.2, 0.25) is 11.8 Å². The molecule has 15 heteroatoms. The number of nitrogens with one attached hydrogen (secondary N) is 4. The van der Waals surface area contributed by atoms with Crippen molar-refractivity contribution in [3.8, 4) is 0 Å². The van der Waals surface area contributed by atoms with Gasteiger partial charge in [0.25, 0.3) is 0 Å². The summed E-state index contributed by atoms with van der Waals surface area (Å²) in [5.74, 6) is -4.75. The number of aliphatic carboxylic acids is 3. The van der Waals surface area contributed by atoms with Gasteiger partial charge >= 0.3 is 23.9 Å². The maximum absolute atomic E-state index is 13.5. The topological polar surface area (TPSA) is 228 Å². The Bertz CT molecular complexity index is 1540. The number of rotatable bonds is 21. The van der Waals surface area contributed by atoms with Gasteiger partial charge in [-0.05, 0) is 80.0 Å². The average molecular weight is 729 g/mol. The number of unbranched alkanes of at least 4 members (excludes halogenated alkanes) is 1. The zero-order chi connectivity index (χ0) is 37.3. The van der Waals surface area contributed by atoms with Crippen molar-refractivity contribution in [2.45, 2.75) is 82.7 Å². The van der Waals surface area contributed by atoms with Gasteiger partial charge in [-0.2, -0.15) is 12.6 Å². The number of fused-ring (bicyclic) bond motifs is 1. The molecule has 0 aromatic heterocycles. The fraction of sp³-hybridized carbons (Fsp3) is 0.528. The van der Waals surface area contributed by atoms with Crippen molar-refractivity contribution in [2.75, 3.05) is 18.8 Å². The number of hydrogen-bond acceptors (Lipinski definition) is 8. The first-order chi connectivity index (χ1) is 24.4. The molecular weight excluding hydrogens is 680 g/mol. The van der Waals surface area contributed by atoms with Crippen LogP contribution in [0.25, 0.3) is 10.8 Å². The lowest BCUT2D eigenvalue weighted by Gasteiger charge is -2.28. The van der Waals surface area contributed by atoms with E-state index in [2.05, 4.69) is 33.9 Å². The predicted molar refractivity (Wildman–Crippen MR) is 191 cm³/mol. The average Bonchev–Trinajstić information content (AvgIpc) is 3.11. The van der Waals surface area contributed by atoms with E-state index >= 15 is 0 Å². The summed E-state index contributed by atoms with van der Waals surface area (Å²) in [4.78, 5) is 84.7. The van der Waals surface area contributed by atoms with Crippen molar-refractivity contribution >= 4 is 64.9 Å². The third kappa shape index (κ3) is 14.2. The number of thiol groups is 1. The van der Waals surface area contributed by atoms with Crippen molar-refractivity contribution in [1.29, 1.82) is 0 Å². The highest BCUT2D eigenvalue weighted by atomic mass is 32.1. The highest BCUT2D eigenvalue weighted by molar-refractivity contribution is 7.81. The van der Waals surface area contributed by atoms with Gasteiger partial charge in [0.1, 0.15) is 17.9 Å². The van der Waals surface area contributed by atoms with Gasteiger partial charge in [-0.25, -0.2) is 14.4 Å². The minimum absolute atomic E-state index is 0.00844. The highest BCUT2D eigenvalue weighted by Gasteiger charge is 2.30. The van der Waals surface area contributed by atoms with E-state index < -0.39 is 48.4 Å². The van der Waals surface area contributed by atoms with Crippen LogP contribution < -0.4 is 21.3 Å². The summed E-state index contributed by atoms with van der Waals surface area (Å²) in [7, 11) is 0. The summed E-state index contributed by atoms with van der Waals surface area (Å²) < 4.78 is 0. The molecule has 1 saturated carbocycles. The first kappa shape index (κ1) is 40.8. The van der Waals surface area contributed by atoms with E-state index in [1.54, 1.807) is 0 Å². The molecule has 3 rings (SSSR count). The van der Waals surface area contributed by atoms with Crippen LogP contribution in [0.1, 0.15) is 69.8 Å². The predicted octanol–water partition coefficient (Wildman–Crippen LogP) is 3.17. The molecule has 1 aliphatic carbocycles. The number of benzene rings is 2. The summed E-state index contributed by atoms with van der Waals surface area (Å²) in [5.41, 5.74) is 0.923. The first-order valence-electron chi connectivity index (χ1n) is 17.3. The third-order valence-corrected chi connectivity index (χ3v) is 9.51. The van der Waals surface area contributed by atoms with Crippen LogP contribution in [0, 0.1) is 17.8 Å². The molecule has 1 aliphatic rings. The Balaban J connectivity index is 1.55. The molecular formula is C36H48N4O10S. The molecule has 0 spiro atoms. The highest BCUT2D eigenvalue weighted by Crippen LogP contribution is 2.31. The number of urea groups is 1. The van der Waals surface area contributed by atoms with Gasteiger partial charge < -0.3 is 36.6 Å². The molecule has 2 aromatic carbocycles. The molecule has 2 unspecified atom stereocenters. The Labute approximate surface area is 301 Å². The van der Waals surface area contributed by atoms with Crippen LogP contribution in [0.3, 0.4) is 0 Å². The van der Waals surface area contributed by atoms with E-state index in [1.165, 1.54) is 0 Å². The summed E-state index contributed by atoms with van der Waals surface area (Å²) in [6, 6.07) is 9.93. The maximum atomic E-state index is 13.5. The molecule has 0 aliphatic heterocycles. The number of hydrogen-bond donors (Lipinski definition) is 8. The molecule has 0 bridgehead atoms. The Morgan fingerprint density at radius 2 is 1.43 bits per heavy atom. The number of ketones is 1. The molecule has 0 saturated heterocycles. The quantitative estimate of drug-likeness (QED) is 0.0692. The van der Waals surface area contributed by atoms with E-state index in [9.17, 15) is 43.8 Å². The lowest BCUT2D eigenvalue weighted by Crippen LogP contribution is -2.51. The summed E-state index contributed by atoms with van der Waals surface area (Å²) >= 11 is 3.98. The van der Waals surface area contributed by atoms with E-state index in [1.807, 2.05) is 42.5 Å². The summed E-state index contributed by atoms with van der Waals surface area (Å²) in [6.07, 6.45) is 3.24. The summed E-state index contributed by atoms with van der Waals surface area (Å²) in [6.45, 7) is 0.767. The lowest BCUT2D eigenvalue weighted by molar-refractivity contribution is -0.141. The summed E-state index contributed by atoms with van der Waals surface area (Å²) in [5, 5.41) is 39.7. The Hall–Kier alpha value is -4.66. The van der Waals surface area contributed by atoms with E-state index in [0.717, 1.165) is 29.2 Å². The molecule has 2 aromatic rings. The zero-order valence-corrected chi connectivity index (χ0v) is 29.4. The monoisotopic (exact) mass is 728 g/mol. The Morgan fingerprint density at radius 3 is 2.06 bits per heavy atom. The van der Waals surface area contributed by atoms with Crippen LogP contribution >= 0.6 is 12.6 Å². The van der Waals surface area contributed by atoms with Crippen LogP contribution in [0.15, 0.2) is 42.5 Å². The fourth-order valence-corrected chi connectivity index (χ4v) is 6.40. The second-order valence-electron chi connectivity index (χ2n) is 13.1. The number of Topliss-reactive ketones (excluding diaryl/α,β-unsaturated/α-hetero) is 1. The lowest BCUT2D eigenvalue weighted by atomic mass is 9.77. The number of carbonyl (C=O) groups is 7. The maximum Gasteiger partial charge on any atom is 0.326 e. The van der Waals surface area contributed by atoms with E-state index in [4.69, 9.17) is 5.11 Å². The van der Waals surface area contributed by atoms with E-state index in [0.29, 0.717) is 44.6 Å². The van der Waals surface area contributed by atoms with Crippen molar-refractivity contribution in [3.63, 3.8) is 0 Å². The van der Waals surface area contributed by atoms with E-state index in [-0.39, 0.29) is 55.1 Å². The second kappa shape index (κ2) is 20.9. The SMILES string of the molecule is O=C(O)CC[C@H](NC(=O)NC(CCCCNC(=O)C(CC(=O)C1CCC(CNC(=O)CS)CC1)Cc1ccc2ccccc2c1)C(=O)O)C(=O)O. The standard InChI is InChI=1S/C36H48N4O10S/c41-30(25-12-8-22(9-13-25)20-38-31(42)21-51)19-27(18-23-10-11-24-5-1-2-6-26(24)17-23)33(45)37-16-4-3-7-28(34(46)47)39-36(50)40-29(35(48)49)14-15-32(43)44/h1-2,5-6,10-11,17,22,25,27-29,51H,3-4,7-9,12-16,18-21H2,(H,37,45)(H,38,42)(H,43,44)(H,46,47)(H,48,49)(H2,39,40,50)/t22?,25?,27?,28?,29-/m0/s1. The van der Waals surface area contributed by atoms with Crippen LogP contribution in [0.5, 0.6) is 0 Å². The molecule has 51 heavy (non-hydrogen) atoms. The molecule has 0 radical (unpaired) electrons. The molecule has 7 N–H and O–H groups in total. The molecule has 0 heterocycles. The van der Waals surface area contributed by atoms with Crippen LogP contribution in [-0.4, -0.2) is 87.8 Å². The number of carboxylic acids is 3. The van der Waals surface area contributed by atoms with Crippen LogP contribution in [0.4, 0.5) is 4.79 Å². The van der Waals surface area contributed by atoms with Gasteiger partial charge in [-0.3, -0.25) is 19.2 Å². The Kier molecular flexibility index (Phi) is 16.7. The second-order valence-corrected chi connectivity index (χ2v) is 13.4. The van der Waals surface area contributed by atoms with Gasteiger partial charge in [-0.1, -0.05) is 42.5 Å². The van der Waals surface area contributed by atoms with Crippen molar-refractivity contribution < 1.29 is 48.9 Å². The fourth-order valence-electron chi connectivity index (χ4n) is 6.29. The largest absolute Gasteiger partial charge is 0.481 e. The van der Waals surface area contributed by atoms with Gasteiger partial charge in [0.15, 0.2) is 0 Å². The molecule has 1 fully saturated rings. The normalized spacial score (nSPS) is 17.4. The van der Waals surface area contributed by atoms with Gasteiger partial charge in [0, 0.05) is 37.8 Å². The molecule has 4 amide bonds. The van der Waals surface area contributed by atoms with Crippen LogP contribution in [-0.2, 0) is 35.2 Å². The van der Waals surface area contributed by atoms with Crippen LogP contribution in [0.2, 0.25) is 0 Å². The molecule has 14 nitrogen and oxygen atoms in total. The minimum atomic E-state index is -1.51. The van der Waals surface area contributed by atoms with Crippen molar-refractivity contribution in [3.05, 3.63) is 48.0 Å².